The Morgan fingerprint density at radius 3 is 2.58 bits per heavy atom. The Balaban J connectivity index is 1.86. The number of carbonyl (C=O) groups excluding carboxylic acids is 1. The van der Waals surface area contributed by atoms with Crippen molar-refractivity contribution in [2.45, 2.75) is 65.0 Å². The van der Waals surface area contributed by atoms with Gasteiger partial charge in [-0.2, -0.15) is 0 Å². The number of hydrogen-bond acceptors (Lipinski definition) is 2. The summed E-state index contributed by atoms with van der Waals surface area (Å²) in [4.78, 5) is 14.6. The highest BCUT2D eigenvalue weighted by Gasteiger charge is 2.18. The zero-order valence-corrected chi connectivity index (χ0v) is 12.9. The van der Waals surface area contributed by atoms with E-state index < -0.39 is 0 Å². The van der Waals surface area contributed by atoms with Gasteiger partial charge in [0.25, 0.3) is 0 Å². The predicted molar refractivity (Wildman–Crippen MR) is 80.7 cm³/mol. The van der Waals surface area contributed by atoms with Gasteiger partial charge in [0.05, 0.1) is 6.04 Å². The third-order valence-electron chi connectivity index (χ3n) is 3.83. The van der Waals surface area contributed by atoms with Gasteiger partial charge in [-0.1, -0.05) is 19.3 Å². The topological polar surface area (TPSA) is 41.1 Å². The summed E-state index contributed by atoms with van der Waals surface area (Å²) in [5.41, 5.74) is 1.24. The number of rotatable bonds is 3. The molecule has 0 bridgehead atoms. The highest BCUT2D eigenvalue weighted by molar-refractivity contribution is 7.12. The van der Waals surface area contributed by atoms with E-state index in [-0.39, 0.29) is 12.1 Å². The molecule has 4 heteroatoms. The van der Waals surface area contributed by atoms with Crippen LogP contribution in [0.4, 0.5) is 4.79 Å². The Labute approximate surface area is 119 Å². The lowest BCUT2D eigenvalue weighted by atomic mass is 9.96. The van der Waals surface area contributed by atoms with Crippen molar-refractivity contribution in [3.63, 3.8) is 0 Å². The molecule has 1 unspecified atom stereocenters. The molecule has 1 aromatic heterocycles. The Hall–Kier alpha value is -1.03. The van der Waals surface area contributed by atoms with E-state index in [1.54, 1.807) is 11.3 Å². The summed E-state index contributed by atoms with van der Waals surface area (Å²) >= 11 is 1.79. The van der Waals surface area contributed by atoms with Crippen LogP contribution >= 0.6 is 11.3 Å². The first kappa shape index (κ1) is 14.4. The lowest BCUT2D eigenvalue weighted by Crippen LogP contribution is -2.43. The average Bonchev–Trinajstić information content (AvgIpc) is 2.69. The van der Waals surface area contributed by atoms with Crippen LogP contribution in [-0.2, 0) is 0 Å². The van der Waals surface area contributed by atoms with E-state index in [2.05, 4.69) is 37.5 Å². The zero-order valence-electron chi connectivity index (χ0n) is 12.1. The normalized spacial score (nSPS) is 18.1. The van der Waals surface area contributed by atoms with Crippen molar-refractivity contribution in [2.24, 2.45) is 0 Å². The smallest absolute Gasteiger partial charge is 0.315 e. The minimum absolute atomic E-state index is 0.0253. The highest BCUT2D eigenvalue weighted by Crippen LogP contribution is 2.26. The highest BCUT2D eigenvalue weighted by atomic mass is 32.1. The standard InChI is InChI=1S/C15H24N2OS/c1-10-9-14(12(3)19-10)11(2)16-15(18)17-13-7-5-4-6-8-13/h9,11,13H,4-8H2,1-3H3,(H2,16,17,18). The Kier molecular flexibility index (Phi) is 4.86. The molecule has 106 valence electrons. The van der Waals surface area contributed by atoms with Crippen molar-refractivity contribution in [1.82, 2.24) is 10.6 Å². The number of carbonyl (C=O) groups is 1. The van der Waals surface area contributed by atoms with Gasteiger partial charge in [-0.05, 0) is 45.2 Å². The van der Waals surface area contributed by atoms with E-state index in [4.69, 9.17) is 0 Å². The number of thiophene rings is 1. The molecule has 1 aliphatic carbocycles. The summed E-state index contributed by atoms with van der Waals surface area (Å²) < 4.78 is 0. The monoisotopic (exact) mass is 280 g/mol. The van der Waals surface area contributed by atoms with Gasteiger partial charge in [-0.25, -0.2) is 4.79 Å². The Morgan fingerprint density at radius 2 is 2.00 bits per heavy atom. The van der Waals surface area contributed by atoms with Gasteiger partial charge in [0.15, 0.2) is 0 Å². The van der Waals surface area contributed by atoms with Gasteiger partial charge in [-0.15, -0.1) is 11.3 Å². The van der Waals surface area contributed by atoms with E-state index in [1.165, 1.54) is 34.6 Å². The molecule has 1 aliphatic rings. The van der Waals surface area contributed by atoms with Crippen molar-refractivity contribution in [1.29, 1.82) is 0 Å². The third-order valence-corrected chi connectivity index (χ3v) is 4.82. The summed E-state index contributed by atoms with van der Waals surface area (Å²) in [7, 11) is 0. The molecule has 0 radical (unpaired) electrons. The fourth-order valence-electron chi connectivity index (χ4n) is 2.83. The second kappa shape index (κ2) is 6.42. The van der Waals surface area contributed by atoms with Crippen molar-refractivity contribution in [3.8, 4) is 0 Å². The number of nitrogens with one attached hydrogen (secondary N) is 2. The number of aryl methyl sites for hydroxylation is 2. The number of amides is 2. The van der Waals surface area contributed by atoms with Crippen LogP contribution in [-0.4, -0.2) is 12.1 Å². The molecule has 19 heavy (non-hydrogen) atoms. The predicted octanol–water partition coefficient (Wildman–Crippen LogP) is 4.06. The fraction of sp³-hybridized carbons (Fsp3) is 0.667. The molecule has 0 aromatic carbocycles. The maximum atomic E-state index is 12.0. The van der Waals surface area contributed by atoms with Crippen molar-refractivity contribution in [2.75, 3.05) is 0 Å². The second-order valence-electron chi connectivity index (χ2n) is 5.54. The van der Waals surface area contributed by atoms with Crippen molar-refractivity contribution < 1.29 is 4.79 Å². The molecule has 1 saturated carbocycles. The molecule has 1 atom stereocenters. The minimum Gasteiger partial charge on any atom is -0.335 e. The fourth-order valence-corrected chi connectivity index (χ4v) is 3.85. The maximum absolute atomic E-state index is 12.0. The number of urea groups is 1. The van der Waals surface area contributed by atoms with Crippen LogP contribution in [0.3, 0.4) is 0 Å². The van der Waals surface area contributed by atoms with Crippen LogP contribution < -0.4 is 10.6 Å². The number of hydrogen-bond donors (Lipinski definition) is 2. The molecule has 1 aromatic rings. The molecule has 1 heterocycles. The molecule has 3 nitrogen and oxygen atoms in total. The lowest BCUT2D eigenvalue weighted by molar-refractivity contribution is 0.229. The molecule has 2 amide bonds. The zero-order chi connectivity index (χ0) is 13.8. The molecule has 0 spiro atoms. The SMILES string of the molecule is Cc1cc(C(C)NC(=O)NC2CCCCC2)c(C)s1. The summed E-state index contributed by atoms with van der Waals surface area (Å²) in [6.07, 6.45) is 6.03. The molecule has 0 aliphatic heterocycles. The van der Waals surface area contributed by atoms with Gasteiger partial charge >= 0.3 is 6.03 Å². The summed E-state index contributed by atoms with van der Waals surface area (Å²) in [6.45, 7) is 6.27. The van der Waals surface area contributed by atoms with Gasteiger partial charge < -0.3 is 10.6 Å². The Bertz CT molecular complexity index is 435. The van der Waals surface area contributed by atoms with E-state index in [0.29, 0.717) is 6.04 Å². The van der Waals surface area contributed by atoms with Crippen molar-refractivity contribution >= 4 is 17.4 Å². The van der Waals surface area contributed by atoms with Crippen LogP contribution in [0.2, 0.25) is 0 Å². The second-order valence-corrected chi connectivity index (χ2v) is 7.00. The van der Waals surface area contributed by atoms with E-state index in [9.17, 15) is 4.79 Å². The quantitative estimate of drug-likeness (QED) is 0.861. The van der Waals surface area contributed by atoms with Crippen LogP contribution in [0.1, 0.15) is 60.4 Å². The van der Waals surface area contributed by atoms with Gasteiger partial charge in [0.2, 0.25) is 0 Å². The van der Waals surface area contributed by atoms with Crippen LogP contribution in [0.15, 0.2) is 6.07 Å². The molecule has 1 fully saturated rings. The van der Waals surface area contributed by atoms with Gasteiger partial charge in [0.1, 0.15) is 0 Å². The van der Waals surface area contributed by atoms with Crippen LogP contribution in [0.5, 0.6) is 0 Å². The van der Waals surface area contributed by atoms with E-state index in [1.807, 2.05) is 0 Å². The Morgan fingerprint density at radius 1 is 1.32 bits per heavy atom. The first-order chi connectivity index (χ1) is 9.06. The van der Waals surface area contributed by atoms with E-state index in [0.717, 1.165) is 12.8 Å². The van der Waals surface area contributed by atoms with Crippen LogP contribution in [0, 0.1) is 13.8 Å². The lowest BCUT2D eigenvalue weighted by Gasteiger charge is -2.24. The molecule has 0 saturated heterocycles. The maximum Gasteiger partial charge on any atom is 0.315 e. The average molecular weight is 280 g/mol. The third kappa shape index (κ3) is 3.96. The van der Waals surface area contributed by atoms with Gasteiger partial charge in [-0.3, -0.25) is 0 Å². The summed E-state index contributed by atoms with van der Waals surface area (Å²) in [5.74, 6) is 0. The summed E-state index contributed by atoms with van der Waals surface area (Å²) in [6, 6.07) is 2.59. The minimum atomic E-state index is -0.0253. The summed E-state index contributed by atoms with van der Waals surface area (Å²) in [5, 5.41) is 6.15. The largest absolute Gasteiger partial charge is 0.335 e. The first-order valence-corrected chi connectivity index (χ1v) is 8.02. The molecular formula is C15H24N2OS. The molecule has 2 N–H and O–H groups in total. The van der Waals surface area contributed by atoms with E-state index >= 15 is 0 Å². The molecular weight excluding hydrogens is 256 g/mol. The first-order valence-electron chi connectivity index (χ1n) is 7.20. The van der Waals surface area contributed by atoms with Crippen molar-refractivity contribution in [3.05, 3.63) is 21.4 Å². The van der Waals surface area contributed by atoms with Gasteiger partial charge in [0, 0.05) is 15.8 Å². The molecule has 2 rings (SSSR count). The van der Waals surface area contributed by atoms with Crippen LogP contribution in [0.25, 0.3) is 0 Å².